The third kappa shape index (κ3) is 2.78. The summed E-state index contributed by atoms with van der Waals surface area (Å²) in [6.07, 6.45) is 4.72. The van der Waals surface area contributed by atoms with Crippen molar-refractivity contribution in [3.8, 4) is 11.3 Å². The first-order valence-electron chi connectivity index (χ1n) is 8.01. The van der Waals surface area contributed by atoms with Gasteiger partial charge in [-0.05, 0) is 41.5 Å². The lowest BCUT2D eigenvalue weighted by Gasteiger charge is -2.03. The lowest BCUT2D eigenvalue weighted by Crippen LogP contribution is -1.92. The predicted molar refractivity (Wildman–Crippen MR) is 99.5 cm³/mol. The number of fused-ring (bicyclic) bond motifs is 2. The van der Waals surface area contributed by atoms with Crippen LogP contribution >= 0.6 is 0 Å². The van der Waals surface area contributed by atoms with Gasteiger partial charge in [-0.2, -0.15) is 0 Å². The number of hydrogen-bond acceptors (Lipinski definition) is 2. The Morgan fingerprint density at radius 2 is 1.88 bits per heavy atom. The van der Waals surface area contributed by atoms with Crippen molar-refractivity contribution in [1.29, 1.82) is 0 Å². The van der Waals surface area contributed by atoms with E-state index < -0.39 is 5.97 Å². The highest BCUT2D eigenvalue weighted by molar-refractivity contribution is 5.90. The Morgan fingerprint density at radius 1 is 1.08 bits per heavy atom. The Bertz CT molecular complexity index is 1140. The number of benzene rings is 2. The van der Waals surface area contributed by atoms with Crippen molar-refractivity contribution < 1.29 is 9.90 Å². The topological polar surface area (TPSA) is 54.6 Å². The average molecular weight is 328 g/mol. The molecule has 0 bridgehead atoms. The molecule has 0 unspecified atom stereocenters. The number of aliphatic carboxylic acids is 1. The van der Waals surface area contributed by atoms with Gasteiger partial charge in [0.25, 0.3) is 0 Å². The van der Waals surface area contributed by atoms with E-state index in [1.54, 1.807) is 6.08 Å². The molecule has 0 atom stereocenters. The number of rotatable bonds is 3. The van der Waals surface area contributed by atoms with E-state index >= 15 is 0 Å². The van der Waals surface area contributed by atoms with Crippen LogP contribution in [-0.4, -0.2) is 20.5 Å². The molecule has 1 N–H and O–H groups in total. The number of carboxylic acid groups (broad SMARTS) is 1. The largest absolute Gasteiger partial charge is 0.478 e. The van der Waals surface area contributed by atoms with Crippen LogP contribution in [0, 0.1) is 6.92 Å². The molecule has 4 nitrogen and oxygen atoms in total. The Kier molecular flexibility index (Phi) is 3.58. The summed E-state index contributed by atoms with van der Waals surface area (Å²) in [5.41, 5.74) is 4.37. The van der Waals surface area contributed by atoms with Gasteiger partial charge in [-0.3, -0.25) is 4.40 Å². The van der Waals surface area contributed by atoms with E-state index in [1.807, 2.05) is 47.9 Å². The van der Waals surface area contributed by atoms with Crippen LogP contribution < -0.4 is 0 Å². The van der Waals surface area contributed by atoms with Crippen molar-refractivity contribution in [3.63, 3.8) is 0 Å². The van der Waals surface area contributed by atoms with Crippen LogP contribution in [0.4, 0.5) is 0 Å². The van der Waals surface area contributed by atoms with Crippen LogP contribution in [0.25, 0.3) is 33.8 Å². The Morgan fingerprint density at radius 3 is 2.68 bits per heavy atom. The first kappa shape index (κ1) is 15.1. The summed E-state index contributed by atoms with van der Waals surface area (Å²) in [7, 11) is 0. The lowest BCUT2D eigenvalue weighted by atomic mass is 10.0. The van der Waals surface area contributed by atoms with Crippen molar-refractivity contribution in [2.24, 2.45) is 0 Å². The number of nitrogens with zero attached hydrogens (tertiary/aromatic N) is 2. The van der Waals surface area contributed by atoms with Crippen LogP contribution in [0.15, 0.2) is 66.9 Å². The number of hydrogen-bond donors (Lipinski definition) is 1. The maximum absolute atomic E-state index is 11.0. The van der Waals surface area contributed by atoms with Crippen LogP contribution in [0.1, 0.15) is 11.3 Å². The second kappa shape index (κ2) is 5.91. The summed E-state index contributed by atoms with van der Waals surface area (Å²) in [4.78, 5) is 15.7. The number of aryl methyl sites for hydroxylation is 1. The second-order valence-electron chi connectivity index (χ2n) is 6.01. The zero-order valence-electron chi connectivity index (χ0n) is 13.7. The van der Waals surface area contributed by atoms with Gasteiger partial charge in [-0.15, -0.1) is 0 Å². The average Bonchev–Trinajstić information content (AvgIpc) is 2.97. The standard InChI is InChI=1S/C21H16N2O2/c1-14-6-10-19-22-21(18(23(19)13-14)9-11-20(24)25)17-8-7-15-4-2-3-5-16(15)12-17/h2-13H,1H3,(H,24,25)/b11-9+. The zero-order valence-corrected chi connectivity index (χ0v) is 13.7. The smallest absolute Gasteiger partial charge is 0.328 e. The van der Waals surface area contributed by atoms with E-state index in [4.69, 9.17) is 10.1 Å². The maximum atomic E-state index is 11.0. The van der Waals surface area contributed by atoms with Crippen molar-refractivity contribution >= 4 is 28.5 Å². The lowest BCUT2D eigenvalue weighted by molar-refractivity contribution is -0.131. The molecule has 0 spiro atoms. The van der Waals surface area contributed by atoms with Crippen molar-refractivity contribution in [2.45, 2.75) is 6.92 Å². The number of carboxylic acids is 1. The van der Waals surface area contributed by atoms with Gasteiger partial charge in [0.2, 0.25) is 0 Å². The Labute approximate surface area is 144 Å². The summed E-state index contributed by atoms with van der Waals surface area (Å²) >= 11 is 0. The molecule has 0 radical (unpaired) electrons. The van der Waals surface area contributed by atoms with Gasteiger partial charge in [0.05, 0.1) is 11.4 Å². The van der Waals surface area contributed by atoms with Crippen LogP contribution in [0.2, 0.25) is 0 Å². The molecule has 0 amide bonds. The highest BCUT2D eigenvalue weighted by Crippen LogP contribution is 2.28. The molecular weight excluding hydrogens is 312 g/mol. The summed E-state index contributed by atoms with van der Waals surface area (Å²) in [6.45, 7) is 2.00. The SMILES string of the molecule is Cc1ccc2nc(-c3ccc4ccccc4c3)c(/C=C/C(=O)O)n2c1. The molecule has 2 aromatic carbocycles. The van der Waals surface area contributed by atoms with Crippen molar-refractivity contribution in [3.05, 3.63) is 78.1 Å². The minimum Gasteiger partial charge on any atom is -0.478 e. The van der Waals surface area contributed by atoms with E-state index in [-0.39, 0.29) is 0 Å². The third-order valence-electron chi connectivity index (χ3n) is 4.21. The fraction of sp³-hybridized carbons (Fsp3) is 0.0476. The minimum absolute atomic E-state index is 0.761. The maximum Gasteiger partial charge on any atom is 0.328 e. The molecule has 25 heavy (non-hydrogen) atoms. The third-order valence-corrected chi connectivity index (χ3v) is 4.21. The monoisotopic (exact) mass is 328 g/mol. The molecule has 0 aliphatic rings. The summed E-state index contributed by atoms with van der Waals surface area (Å²) in [6, 6.07) is 18.3. The van der Waals surface area contributed by atoms with Gasteiger partial charge in [-0.25, -0.2) is 9.78 Å². The van der Waals surface area contributed by atoms with E-state index in [2.05, 4.69) is 24.3 Å². The summed E-state index contributed by atoms with van der Waals surface area (Å²) in [5.74, 6) is -0.980. The fourth-order valence-corrected chi connectivity index (χ4v) is 3.03. The Balaban J connectivity index is 1.98. The van der Waals surface area contributed by atoms with Crippen LogP contribution in [0.5, 0.6) is 0 Å². The van der Waals surface area contributed by atoms with Crippen molar-refractivity contribution in [1.82, 2.24) is 9.38 Å². The number of pyridine rings is 1. The number of aromatic nitrogens is 2. The molecular formula is C21H16N2O2. The van der Waals surface area contributed by atoms with E-state index in [1.165, 1.54) is 0 Å². The summed E-state index contributed by atoms with van der Waals surface area (Å²) < 4.78 is 1.93. The summed E-state index contributed by atoms with van der Waals surface area (Å²) in [5, 5.41) is 11.3. The molecule has 0 aliphatic carbocycles. The van der Waals surface area contributed by atoms with Gasteiger partial charge in [-0.1, -0.05) is 42.5 Å². The molecule has 2 aromatic heterocycles. The van der Waals surface area contributed by atoms with Gasteiger partial charge in [0.1, 0.15) is 5.65 Å². The molecule has 0 aliphatic heterocycles. The molecule has 4 aromatic rings. The van der Waals surface area contributed by atoms with Gasteiger partial charge in [0, 0.05) is 17.8 Å². The predicted octanol–water partition coefficient (Wildman–Crippen LogP) is 4.56. The molecule has 0 fully saturated rings. The van der Waals surface area contributed by atoms with Gasteiger partial charge in [0.15, 0.2) is 0 Å². The molecule has 2 heterocycles. The minimum atomic E-state index is -0.980. The fourth-order valence-electron chi connectivity index (χ4n) is 3.03. The van der Waals surface area contributed by atoms with Gasteiger partial charge < -0.3 is 5.11 Å². The highest BCUT2D eigenvalue weighted by Gasteiger charge is 2.13. The van der Waals surface area contributed by atoms with Crippen LogP contribution in [0.3, 0.4) is 0 Å². The molecule has 4 rings (SSSR count). The molecule has 0 saturated heterocycles. The van der Waals surface area contributed by atoms with Gasteiger partial charge >= 0.3 is 5.97 Å². The quantitative estimate of drug-likeness (QED) is 0.561. The zero-order chi connectivity index (χ0) is 17.4. The normalized spacial score (nSPS) is 11.6. The first-order valence-corrected chi connectivity index (χ1v) is 8.01. The molecule has 122 valence electrons. The van der Waals surface area contributed by atoms with Crippen molar-refractivity contribution in [2.75, 3.05) is 0 Å². The molecule has 0 saturated carbocycles. The van der Waals surface area contributed by atoms with E-state index in [0.717, 1.165) is 45.0 Å². The molecule has 4 heteroatoms. The second-order valence-corrected chi connectivity index (χ2v) is 6.01. The Hall–Kier alpha value is -3.40. The highest BCUT2D eigenvalue weighted by atomic mass is 16.4. The first-order chi connectivity index (χ1) is 12.1. The number of imidazole rings is 1. The van der Waals surface area contributed by atoms with E-state index in [9.17, 15) is 4.79 Å². The number of carbonyl (C=O) groups is 1. The van der Waals surface area contributed by atoms with E-state index in [0.29, 0.717) is 0 Å². The van der Waals surface area contributed by atoms with Crippen LogP contribution in [-0.2, 0) is 4.79 Å².